The molecule has 1 fully saturated rings. The molecule has 0 saturated carbocycles. The van der Waals surface area contributed by atoms with Gasteiger partial charge in [-0.25, -0.2) is 8.78 Å². The Morgan fingerprint density at radius 3 is 1.89 bits per heavy atom. The lowest BCUT2D eigenvalue weighted by molar-refractivity contribution is -0.908. The van der Waals surface area contributed by atoms with Crippen LogP contribution in [-0.2, 0) is 11.8 Å². The van der Waals surface area contributed by atoms with Crippen molar-refractivity contribution in [3.63, 3.8) is 0 Å². The quantitative estimate of drug-likeness (QED) is 0.358. The molecular formula is C28H28ClF5NO+. The Balaban J connectivity index is 1.38. The second-order valence-electron chi connectivity index (χ2n) is 9.52. The molecule has 0 radical (unpaired) electrons. The minimum atomic E-state index is -4.58. The van der Waals surface area contributed by atoms with E-state index in [2.05, 4.69) is 0 Å². The van der Waals surface area contributed by atoms with Gasteiger partial charge in [-0.1, -0.05) is 41.9 Å². The van der Waals surface area contributed by atoms with E-state index < -0.39 is 17.3 Å². The van der Waals surface area contributed by atoms with Gasteiger partial charge in [0.15, 0.2) is 0 Å². The number of alkyl halides is 3. The molecule has 2 nitrogen and oxygen atoms in total. The molecule has 0 aliphatic carbocycles. The molecule has 2 N–H and O–H groups in total. The predicted molar refractivity (Wildman–Crippen MR) is 129 cm³/mol. The zero-order valence-corrected chi connectivity index (χ0v) is 20.3. The summed E-state index contributed by atoms with van der Waals surface area (Å²) in [5.41, 5.74) is -0.106. The van der Waals surface area contributed by atoms with Crippen LogP contribution in [0.2, 0.25) is 5.02 Å². The molecule has 0 atom stereocenters. The third-order valence-electron chi connectivity index (χ3n) is 7.16. The van der Waals surface area contributed by atoms with Crippen molar-refractivity contribution in [1.29, 1.82) is 0 Å². The minimum Gasteiger partial charge on any atom is -0.385 e. The number of nitrogens with one attached hydrogen (secondary N) is 1. The van der Waals surface area contributed by atoms with Crippen molar-refractivity contribution in [2.75, 3.05) is 19.6 Å². The van der Waals surface area contributed by atoms with Gasteiger partial charge in [-0.05, 0) is 65.9 Å². The molecule has 0 unspecified atom stereocenters. The fourth-order valence-corrected chi connectivity index (χ4v) is 5.28. The van der Waals surface area contributed by atoms with Crippen LogP contribution in [0.1, 0.15) is 53.9 Å². The van der Waals surface area contributed by atoms with E-state index in [0.29, 0.717) is 25.9 Å². The average Bonchev–Trinajstić information content (AvgIpc) is 2.84. The number of hydrogen-bond acceptors (Lipinski definition) is 1. The highest BCUT2D eigenvalue weighted by atomic mass is 35.5. The molecule has 4 rings (SSSR count). The molecule has 0 bridgehead atoms. The lowest BCUT2D eigenvalue weighted by atomic mass is 9.83. The van der Waals surface area contributed by atoms with Gasteiger partial charge in [-0.3, -0.25) is 0 Å². The second-order valence-corrected chi connectivity index (χ2v) is 9.93. The fraction of sp³-hybridized carbons (Fsp3) is 0.357. The summed E-state index contributed by atoms with van der Waals surface area (Å²) in [7, 11) is 0. The van der Waals surface area contributed by atoms with Gasteiger partial charge in [0.05, 0.1) is 30.2 Å². The van der Waals surface area contributed by atoms with Crippen LogP contribution in [0.4, 0.5) is 22.0 Å². The summed E-state index contributed by atoms with van der Waals surface area (Å²) in [6.45, 7) is 2.07. The maximum absolute atomic E-state index is 13.5. The maximum Gasteiger partial charge on any atom is 0.417 e. The van der Waals surface area contributed by atoms with Crippen LogP contribution >= 0.6 is 11.6 Å². The van der Waals surface area contributed by atoms with E-state index in [9.17, 15) is 27.1 Å². The van der Waals surface area contributed by atoms with Crippen LogP contribution in [0, 0.1) is 11.6 Å². The van der Waals surface area contributed by atoms with Crippen LogP contribution in [0.25, 0.3) is 0 Å². The molecule has 1 heterocycles. The largest absolute Gasteiger partial charge is 0.417 e. The molecule has 192 valence electrons. The summed E-state index contributed by atoms with van der Waals surface area (Å²) in [6.07, 6.45) is -2.27. The van der Waals surface area contributed by atoms with E-state index in [1.807, 2.05) is 0 Å². The summed E-state index contributed by atoms with van der Waals surface area (Å²) < 4.78 is 66.7. The predicted octanol–water partition coefficient (Wildman–Crippen LogP) is 6.12. The van der Waals surface area contributed by atoms with E-state index in [1.54, 1.807) is 24.3 Å². The molecule has 1 aliphatic rings. The van der Waals surface area contributed by atoms with Crippen molar-refractivity contribution >= 4 is 11.6 Å². The van der Waals surface area contributed by atoms with Gasteiger partial charge in [0.2, 0.25) is 0 Å². The SMILES string of the molecule is OC1(c2ccc(Cl)c(C(F)(F)F)c2)CC[NH+](CCCC(c2ccc(F)cc2)c2ccc(F)cc2)CC1. The molecule has 1 aliphatic heterocycles. The Morgan fingerprint density at radius 1 is 0.861 bits per heavy atom. The summed E-state index contributed by atoms with van der Waals surface area (Å²) >= 11 is 5.73. The highest BCUT2D eigenvalue weighted by molar-refractivity contribution is 6.31. The zero-order chi connectivity index (χ0) is 25.9. The topological polar surface area (TPSA) is 24.7 Å². The molecule has 8 heteroatoms. The Kier molecular flexibility index (Phi) is 8.03. The number of piperidine rings is 1. The zero-order valence-electron chi connectivity index (χ0n) is 19.6. The number of benzene rings is 3. The Labute approximate surface area is 212 Å². The van der Waals surface area contributed by atoms with Gasteiger partial charge in [-0.15, -0.1) is 0 Å². The Morgan fingerprint density at radius 2 is 1.39 bits per heavy atom. The van der Waals surface area contributed by atoms with E-state index in [4.69, 9.17) is 11.6 Å². The first kappa shape index (κ1) is 26.6. The molecule has 36 heavy (non-hydrogen) atoms. The molecule has 0 spiro atoms. The van der Waals surface area contributed by atoms with Crippen molar-refractivity contribution in [1.82, 2.24) is 0 Å². The van der Waals surface area contributed by atoms with Crippen LogP contribution in [-0.4, -0.2) is 24.7 Å². The first-order valence-corrected chi connectivity index (χ1v) is 12.4. The van der Waals surface area contributed by atoms with E-state index in [0.717, 1.165) is 36.6 Å². The highest BCUT2D eigenvalue weighted by Crippen LogP contribution is 2.39. The van der Waals surface area contributed by atoms with Crippen molar-refractivity contribution in [2.45, 2.75) is 43.4 Å². The normalized spacial score (nSPS) is 20.6. The van der Waals surface area contributed by atoms with Gasteiger partial charge in [0, 0.05) is 18.8 Å². The van der Waals surface area contributed by atoms with Crippen molar-refractivity contribution in [2.24, 2.45) is 0 Å². The first-order chi connectivity index (χ1) is 17.0. The molecule has 0 aromatic heterocycles. The smallest absolute Gasteiger partial charge is 0.385 e. The van der Waals surface area contributed by atoms with Gasteiger partial charge in [0.25, 0.3) is 0 Å². The summed E-state index contributed by atoms with van der Waals surface area (Å²) in [6, 6.07) is 16.3. The number of quaternary nitrogens is 1. The van der Waals surface area contributed by atoms with Crippen LogP contribution < -0.4 is 4.90 Å². The molecule has 0 amide bonds. The molecule has 1 saturated heterocycles. The summed E-state index contributed by atoms with van der Waals surface area (Å²) in [5, 5.41) is 10.7. The summed E-state index contributed by atoms with van der Waals surface area (Å²) in [4.78, 5) is 1.27. The molecular weight excluding hydrogens is 497 g/mol. The van der Waals surface area contributed by atoms with Crippen LogP contribution in [0.3, 0.4) is 0 Å². The van der Waals surface area contributed by atoms with E-state index >= 15 is 0 Å². The first-order valence-electron chi connectivity index (χ1n) is 12.0. The molecule has 3 aromatic rings. The molecule has 3 aromatic carbocycles. The van der Waals surface area contributed by atoms with Gasteiger partial charge < -0.3 is 10.0 Å². The summed E-state index contributed by atoms with van der Waals surface area (Å²) in [5.74, 6) is -0.642. The van der Waals surface area contributed by atoms with Gasteiger partial charge in [-0.2, -0.15) is 13.2 Å². The van der Waals surface area contributed by atoms with Crippen molar-refractivity contribution < 1.29 is 32.0 Å². The van der Waals surface area contributed by atoms with Crippen LogP contribution in [0.15, 0.2) is 66.7 Å². The monoisotopic (exact) mass is 524 g/mol. The Hall–Kier alpha value is -2.48. The highest BCUT2D eigenvalue weighted by Gasteiger charge is 2.39. The standard InChI is InChI=1S/C28H27ClF5NO/c29-26-12-7-21(18-25(26)28(32,33)34)27(36)13-16-35(17-14-27)15-1-2-24(19-3-8-22(30)9-4-19)20-5-10-23(31)11-6-20/h3-12,18,24,36H,1-2,13-17H2/p+1. The maximum atomic E-state index is 13.5. The number of rotatable bonds is 7. The third-order valence-corrected chi connectivity index (χ3v) is 7.49. The van der Waals surface area contributed by atoms with Crippen molar-refractivity contribution in [3.05, 3.63) is 106 Å². The lowest BCUT2D eigenvalue weighted by Crippen LogP contribution is -3.13. The minimum absolute atomic E-state index is 0.0119. The lowest BCUT2D eigenvalue weighted by Gasteiger charge is -2.36. The number of hydrogen-bond donors (Lipinski definition) is 2. The number of halogens is 6. The van der Waals surface area contributed by atoms with Gasteiger partial charge in [0.1, 0.15) is 17.2 Å². The number of likely N-dealkylation sites (tertiary alicyclic amines) is 1. The van der Waals surface area contributed by atoms with Gasteiger partial charge >= 0.3 is 6.18 Å². The van der Waals surface area contributed by atoms with E-state index in [-0.39, 0.29) is 28.1 Å². The second kappa shape index (κ2) is 10.9. The number of aliphatic hydroxyl groups is 1. The fourth-order valence-electron chi connectivity index (χ4n) is 5.06. The van der Waals surface area contributed by atoms with E-state index in [1.165, 1.54) is 41.3 Å². The Bertz CT molecular complexity index is 1110. The third kappa shape index (κ3) is 6.25. The van der Waals surface area contributed by atoms with Crippen LogP contribution in [0.5, 0.6) is 0 Å². The van der Waals surface area contributed by atoms with Crippen molar-refractivity contribution in [3.8, 4) is 0 Å². The average molecular weight is 525 g/mol.